The zero-order valence-corrected chi connectivity index (χ0v) is 11.5. The summed E-state index contributed by atoms with van der Waals surface area (Å²) in [6.45, 7) is -0.153. The minimum atomic E-state index is -3.72. The Morgan fingerprint density at radius 3 is 2.25 bits per heavy atom. The normalized spacial score (nSPS) is 24.3. The molecule has 0 saturated carbocycles. The van der Waals surface area contributed by atoms with E-state index in [0.717, 1.165) is 9.69 Å². The first kappa shape index (κ1) is 13.5. The Kier molecular flexibility index (Phi) is 3.25. The Labute approximate surface area is 117 Å². The number of aliphatic hydroxyl groups excluding tert-OH is 2. The molecule has 0 aromatic heterocycles. The quantitative estimate of drug-likeness (QED) is 0.848. The van der Waals surface area contributed by atoms with E-state index in [1.165, 1.54) is 0 Å². The average molecular weight is 293 g/mol. The molecular formula is C14H15NO4S. The molecule has 0 radical (unpaired) electrons. The van der Waals surface area contributed by atoms with Crippen molar-refractivity contribution in [3.05, 3.63) is 42.5 Å². The third-order valence-corrected chi connectivity index (χ3v) is 5.48. The van der Waals surface area contributed by atoms with Gasteiger partial charge in [0.2, 0.25) is 10.0 Å². The monoisotopic (exact) mass is 293 g/mol. The molecule has 3 rings (SSSR count). The molecular weight excluding hydrogens is 278 g/mol. The van der Waals surface area contributed by atoms with Crippen LogP contribution in [0.25, 0.3) is 10.8 Å². The lowest BCUT2D eigenvalue weighted by molar-refractivity contribution is 0.0572. The van der Waals surface area contributed by atoms with Crippen molar-refractivity contribution in [2.45, 2.75) is 17.1 Å². The second-order valence-corrected chi connectivity index (χ2v) is 6.84. The summed E-state index contributed by atoms with van der Waals surface area (Å²) in [7, 11) is -3.72. The van der Waals surface area contributed by atoms with E-state index < -0.39 is 22.2 Å². The number of fused-ring (bicyclic) bond motifs is 1. The van der Waals surface area contributed by atoms with Gasteiger partial charge in [-0.25, -0.2) is 8.42 Å². The Bertz CT molecular complexity index is 728. The number of sulfonamides is 1. The molecule has 1 aliphatic heterocycles. The van der Waals surface area contributed by atoms with Gasteiger partial charge in [-0.2, -0.15) is 4.31 Å². The summed E-state index contributed by atoms with van der Waals surface area (Å²) < 4.78 is 26.4. The fourth-order valence-corrected chi connectivity index (χ4v) is 4.18. The van der Waals surface area contributed by atoms with Gasteiger partial charge in [0.1, 0.15) is 0 Å². The number of benzene rings is 2. The topological polar surface area (TPSA) is 77.8 Å². The van der Waals surface area contributed by atoms with Crippen LogP contribution in [0.3, 0.4) is 0 Å². The highest BCUT2D eigenvalue weighted by molar-refractivity contribution is 7.89. The summed E-state index contributed by atoms with van der Waals surface area (Å²) in [6, 6.07) is 12.3. The molecule has 1 heterocycles. The van der Waals surface area contributed by atoms with Crippen LogP contribution in [0.4, 0.5) is 0 Å². The van der Waals surface area contributed by atoms with Crippen LogP contribution in [0, 0.1) is 0 Å². The Balaban J connectivity index is 2.11. The lowest BCUT2D eigenvalue weighted by Gasteiger charge is -2.17. The zero-order valence-electron chi connectivity index (χ0n) is 10.7. The van der Waals surface area contributed by atoms with Crippen LogP contribution in [0.1, 0.15) is 0 Å². The molecule has 0 spiro atoms. The van der Waals surface area contributed by atoms with Crippen LogP contribution in [-0.2, 0) is 10.0 Å². The molecule has 0 aliphatic carbocycles. The molecule has 1 aliphatic rings. The second kappa shape index (κ2) is 4.82. The molecule has 106 valence electrons. The lowest BCUT2D eigenvalue weighted by atomic mass is 10.1. The maximum atomic E-state index is 12.6. The van der Waals surface area contributed by atoms with E-state index in [0.29, 0.717) is 5.39 Å². The molecule has 2 aromatic carbocycles. The highest BCUT2D eigenvalue weighted by Gasteiger charge is 2.38. The number of rotatable bonds is 2. The third kappa shape index (κ3) is 2.10. The first-order valence-corrected chi connectivity index (χ1v) is 7.78. The van der Waals surface area contributed by atoms with Gasteiger partial charge in [0.25, 0.3) is 0 Å². The lowest BCUT2D eigenvalue weighted by Crippen LogP contribution is -2.30. The SMILES string of the molecule is O=S(=O)(c1cccc2ccccc12)N1CC(O)C(O)C1. The molecule has 2 unspecified atom stereocenters. The van der Waals surface area contributed by atoms with E-state index in [1.54, 1.807) is 24.3 Å². The van der Waals surface area contributed by atoms with Crippen LogP contribution in [0.2, 0.25) is 0 Å². The third-order valence-electron chi connectivity index (χ3n) is 3.59. The number of hydrogen-bond acceptors (Lipinski definition) is 4. The molecule has 0 bridgehead atoms. The summed E-state index contributed by atoms with van der Waals surface area (Å²) >= 11 is 0. The predicted octanol–water partition coefficient (Wildman–Crippen LogP) is 0.566. The van der Waals surface area contributed by atoms with E-state index in [9.17, 15) is 18.6 Å². The van der Waals surface area contributed by atoms with Gasteiger partial charge >= 0.3 is 0 Å². The summed E-state index contributed by atoms with van der Waals surface area (Å²) in [4.78, 5) is 0.205. The van der Waals surface area contributed by atoms with E-state index in [1.807, 2.05) is 18.2 Å². The number of β-amino-alcohol motifs (C(OH)–C–C–N with tert-alkyl or cyclic N) is 2. The van der Waals surface area contributed by atoms with E-state index in [-0.39, 0.29) is 18.0 Å². The molecule has 1 fully saturated rings. The standard InChI is InChI=1S/C14H15NO4S/c16-12-8-15(9-13(12)17)20(18,19)14-7-3-5-10-4-1-2-6-11(10)14/h1-7,12-13,16-17H,8-9H2. The van der Waals surface area contributed by atoms with Gasteiger partial charge in [-0.15, -0.1) is 0 Å². The van der Waals surface area contributed by atoms with Gasteiger partial charge in [-0.1, -0.05) is 36.4 Å². The van der Waals surface area contributed by atoms with Crippen LogP contribution in [0.15, 0.2) is 47.4 Å². The first-order valence-electron chi connectivity index (χ1n) is 6.34. The molecule has 6 heteroatoms. The number of hydrogen-bond donors (Lipinski definition) is 2. The van der Waals surface area contributed by atoms with Gasteiger partial charge in [-0.3, -0.25) is 0 Å². The maximum absolute atomic E-state index is 12.6. The first-order chi connectivity index (χ1) is 9.50. The molecule has 20 heavy (non-hydrogen) atoms. The minimum absolute atomic E-state index is 0.0767. The minimum Gasteiger partial charge on any atom is -0.389 e. The van der Waals surface area contributed by atoms with Gasteiger partial charge in [0.05, 0.1) is 17.1 Å². The van der Waals surface area contributed by atoms with E-state index in [2.05, 4.69) is 0 Å². The summed E-state index contributed by atoms with van der Waals surface area (Å²) in [6.07, 6.45) is -2.06. The second-order valence-electron chi connectivity index (χ2n) is 4.93. The van der Waals surface area contributed by atoms with Crippen LogP contribution in [0.5, 0.6) is 0 Å². The van der Waals surface area contributed by atoms with Crippen molar-refractivity contribution in [1.82, 2.24) is 4.31 Å². The maximum Gasteiger partial charge on any atom is 0.243 e. The van der Waals surface area contributed by atoms with Crippen molar-refractivity contribution in [2.75, 3.05) is 13.1 Å². The Hall–Kier alpha value is -1.47. The van der Waals surface area contributed by atoms with E-state index in [4.69, 9.17) is 0 Å². The van der Waals surface area contributed by atoms with Crippen LogP contribution >= 0.6 is 0 Å². The molecule has 2 N–H and O–H groups in total. The summed E-state index contributed by atoms with van der Waals surface area (Å²) in [5.74, 6) is 0. The van der Waals surface area contributed by atoms with Gasteiger partial charge in [0, 0.05) is 18.5 Å². The van der Waals surface area contributed by atoms with Gasteiger partial charge in [-0.05, 0) is 11.5 Å². The van der Waals surface area contributed by atoms with Crippen LogP contribution < -0.4 is 0 Å². The highest BCUT2D eigenvalue weighted by atomic mass is 32.2. The fourth-order valence-electron chi connectivity index (χ4n) is 2.49. The molecule has 0 amide bonds. The Morgan fingerprint density at radius 1 is 0.950 bits per heavy atom. The molecule has 5 nitrogen and oxygen atoms in total. The largest absolute Gasteiger partial charge is 0.389 e. The molecule has 1 saturated heterocycles. The summed E-state index contributed by atoms with van der Waals surface area (Å²) in [5.41, 5.74) is 0. The molecule has 2 aromatic rings. The van der Waals surface area contributed by atoms with Gasteiger partial charge < -0.3 is 10.2 Å². The average Bonchev–Trinajstić information content (AvgIpc) is 2.79. The van der Waals surface area contributed by atoms with Crippen molar-refractivity contribution in [1.29, 1.82) is 0 Å². The van der Waals surface area contributed by atoms with Crippen molar-refractivity contribution in [3.8, 4) is 0 Å². The van der Waals surface area contributed by atoms with Crippen molar-refractivity contribution in [3.63, 3.8) is 0 Å². The fraction of sp³-hybridized carbons (Fsp3) is 0.286. The number of aliphatic hydroxyl groups is 2. The smallest absolute Gasteiger partial charge is 0.243 e. The predicted molar refractivity (Wildman–Crippen MR) is 74.7 cm³/mol. The van der Waals surface area contributed by atoms with E-state index >= 15 is 0 Å². The van der Waals surface area contributed by atoms with Crippen molar-refractivity contribution in [2.24, 2.45) is 0 Å². The molecule has 2 atom stereocenters. The zero-order chi connectivity index (χ0) is 14.3. The van der Waals surface area contributed by atoms with Crippen molar-refractivity contribution < 1.29 is 18.6 Å². The number of nitrogens with zero attached hydrogens (tertiary/aromatic N) is 1. The highest BCUT2D eigenvalue weighted by Crippen LogP contribution is 2.27. The van der Waals surface area contributed by atoms with Crippen LogP contribution in [-0.4, -0.2) is 48.2 Å². The summed E-state index contributed by atoms with van der Waals surface area (Å²) in [5, 5.41) is 20.6. The Morgan fingerprint density at radius 2 is 1.55 bits per heavy atom. The van der Waals surface area contributed by atoms with Crippen molar-refractivity contribution >= 4 is 20.8 Å². The van der Waals surface area contributed by atoms with Gasteiger partial charge in [0.15, 0.2) is 0 Å².